The van der Waals surface area contributed by atoms with E-state index in [-0.39, 0.29) is 18.7 Å². The van der Waals surface area contributed by atoms with Gasteiger partial charge in [-0.25, -0.2) is 0 Å². The van der Waals surface area contributed by atoms with Gasteiger partial charge in [0.2, 0.25) is 5.91 Å². The first-order valence-corrected chi connectivity index (χ1v) is 4.83. The minimum atomic E-state index is -0.873. The largest absolute Gasteiger partial charge is 0.481 e. The highest BCUT2D eigenvalue weighted by Gasteiger charge is 2.10. The average molecular weight is 211 g/mol. The number of carboxylic acid groups (broad SMARTS) is 1. The predicted molar refractivity (Wildman–Crippen MR) is 58.5 cm³/mol. The lowest BCUT2D eigenvalue weighted by molar-refractivity contribution is -0.137. The molecule has 0 spiro atoms. The number of aliphatic carboxylic acids is 1. The number of nitrogens with zero attached hydrogens (tertiary/aromatic N) is 1. The minimum Gasteiger partial charge on any atom is -0.481 e. The van der Waals surface area contributed by atoms with Crippen molar-refractivity contribution >= 4 is 11.9 Å². The number of hydrogen-bond acceptors (Lipinski definition) is 2. The van der Waals surface area contributed by atoms with Gasteiger partial charge in [-0.05, 0) is 6.42 Å². The zero-order valence-electron chi connectivity index (χ0n) is 8.82. The van der Waals surface area contributed by atoms with Gasteiger partial charge in [0.1, 0.15) is 0 Å². The number of amides is 1. The Bertz CT molecular complexity index is 238. The van der Waals surface area contributed by atoms with Crippen LogP contribution in [0, 0.1) is 0 Å². The Kier molecular flexibility index (Phi) is 6.97. The summed E-state index contributed by atoms with van der Waals surface area (Å²) in [6.45, 7) is 8.04. The summed E-state index contributed by atoms with van der Waals surface area (Å²) in [5.41, 5.74) is 0. The summed E-state index contributed by atoms with van der Waals surface area (Å²) < 4.78 is 0. The maximum atomic E-state index is 11.5. The summed E-state index contributed by atoms with van der Waals surface area (Å²) in [5, 5.41) is 8.41. The second kappa shape index (κ2) is 7.79. The van der Waals surface area contributed by atoms with E-state index in [2.05, 4.69) is 13.2 Å². The van der Waals surface area contributed by atoms with Crippen LogP contribution in [0.1, 0.15) is 19.3 Å². The van der Waals surface area contributed by atoms with E-state index in [1.807, 2.05) is 0 Å². The fraction of sp³-hybridized carbons (Fsp3) is 0.455. The molecule has 0 bridgehead atoms. The van der Waals surface area contributed by atoms with Crippen LogP contribution in [0.4, 0.5) is 0 Å². The molecule has 0 aliphatic rings. The van der Waals surface area contributed by atoms with Gasteiger partial charge in [0.15, 0.2) is 0 Å². The third kappa shape index (κ3) is 6.49. The van der Waals surface area contributed by atoms with Crippen LogP contribution in [0.15, 0.2) is 25.3 Å². The van der Waals surface area contributed by atoms with Gasteiger partial charge in [0, 0.05) is 25.9 Å². The summed E-state index contributed by atoms with van der Waals surface area (Å²) >= 11 is 0. The van der Waals surface area contributed by atoms with Gasteiger partial charge >= 0.3 is 5.97 Å². The molecular weight excluding hydrogens is 194 g/mol. The second-order valence-electron chi connectivity index (χ2n) is 3.12. The maximum Gasteiger partial charge on any atom is 0.303 e. The number of rotatable bonds is 8. The first-order valence-electron chi connectivity index (χ1n) is 4.83. The van der Waals surface area contributed by atoms with Gasteiger partial charge in [-0.15, -0.1) is 13.2 Å². The lowest BCUT2D eigenvalue weighted by Gasteiger charge is -2.18. The van der Waals surface area contributed by atoms with E-state index in [1.54, 1.807) is 17.1 Å². The molecule has 0 unspecified atom stereocenters. The Morgan fingerprint density at radius 3 is 2.07 bits per heavy atom. The fourth-order valence-electron chi connectivity index (χ4n) is 1.14. The zero-order valence-corrected chi connectivity index (χ0v) is 8.82. The Labute approximate surface area is 89.9 Å². The first-order chi connectivity index (χ1) is 7.11. The van der Waals surface area contributed by atoms with Gasteiger partial charge in [0.05, 0.1) is 0 Å². The van der Waals surface area contributed by atoms with Crippen LogP contribution in [0.5, 0.6) is 0 Å². The van der Waals surface area contributed by atoms with Crippen LogP contribution >= 0.6 is 0 Å². The van der Waals surface area contributed by atoms with E-state index >= 15 is 0 Å². The molecule has 4 heteroatoms. The summed E-state index contributed by atoms with van der Waals surface area (Å²) in [6.07, 6.45) is 3.94. The lowest BCUT2D eigenvalue weighted by Crippen LogP contribution is -2.31. The van der Waals surface area contributed by atoms with Crippen molar-refractivity contribution in [3.63, 3.8) is 0 Å². The number of carbonyl (C=O) groups is 2. The number of hydrogen-bond donors (Lipinski definition) is 1. The molecule has 0 aromatic rings. The molecule has 0 rings (SSSR count). The van der Waals surface area contributed by atoms with Crippen molar-refractivity contribution in [1.29, 1.82) is 0 Å². The Balaban J connectivity index is 3.95. The minimum absolute atomic E-state index is 0.0295. The van der Waals surface area contributed by atoms with Crippen molar-refractivity contribution in [3.8, 4) is 0 Å². The van der Waals surface area contributed by atoms with Crippen molar-refractivity contribution in [2.75, 3.05) is 13.1 Å². The molecule has 1 N–H and O–H groups in total. The van der Waals surface area contributed by atoms with Crippen LogP contribution in [0.2, 0.25) is 0 Å². The highest BCUT2D eigenvalue weighted by Crippen LogP contribution is 2.01. The van der Waals surface area contributed by atoms with E-state index < -0.39 is 5.97 Å². The van der Waals surface area contributed by atoms with E-state index in [0.717, 1.165) is 0 Å². The summed E-state index contributed by atoms with van der Waals surface area (Å²) in [6, 6.07) is 0. The molecule has 4 nitrogen and oxygen atoms in total. The monoisotopic (exact) mass is 211 g/mol. The predicted octanol–water partition coefficient (Wildman–Crippen LogP) is 1.44. The smallest absolute Gasteiger partial charge is 0.303 e. The quantitative estimate of drug-likeness (QED) is 0.618. The van der Waals surface area contributed by atoms with Gasteiger partial charge in [-0.3, -0.25) is 9.59 Å². The number of carbonyl (C=O) groups excluding carboxylic acids is 1. The summed E-state index contributed by atoms with van der Waals surface area (Å²) in [5.74, 6) is -0.933. The molecule has 0 aromatic carbocycles. The van der Waals surface area contributed by atoms with Crippen molar-refractivity contribution < 1.29 is 14.7 Å². The van der Waals surface area contributed by atoms with Crippen LogP contribution in [-0.4, -0.2) is 35.0 Å². The SMILES string of the molecule is C=CCN(CC=C)C(=O)CCCC(=O)O. The number of carboxylic acids is 1. The molecule has 0 aromatic heterocycles. The maximum absolute atomic E-state index is 11.5. The topological polar surface area (TPSA) is 57.6 Å². The van der Waals surface area contributed by atoms with E-state index in [4.69, 9.17) is 5.11 Å². The van der Waals surface area contributed by atoms with Crippen molar-refractivity contribution in [2.45, 2.75) is 19.3 Å². The molecule has 0 saturated carbocycles. The molecule has 0 atom stereocenters. The van der Waals surface area contributed by atoms with Crippen molar-refractivity contribution in [2.24, 2.45) is 0 Å². The van der Waals surface area contributed by atoms with Crippen LogP contribution in [0.25, 0.3) is 0 Å². The Hall–Kier alpha value is -1.58. The fourth-order valence-corrected chi connectivity index (χ4v) is 1.14. The van der Waals surface area contributed by atoms with E-state index in [1.165, 1.54) is 0 Å². The molecule has 84 valence electrons. The third-order valence-corrected chi connectivity index (χ3v) is 1.83. The van der Waals surface area contributed by atoms with E-state index in [9.17, 15) is 9.59 Å². The molecule has 0 radical (unpaired) electrons. The molecule has 0 heterocycles. The highest BCUT2D eigenvalue weighted by atomic mass is 16.4. The molecule has 0 fully saturated rings. The van der Waals surface area contributed by atoms with Crippen molar-refractivity contribution in [1.82, 2.24) is 4.90 Å². The molecule has 15 heavy (non-hydrogen) atoms. The highest BCUT2D eigenvalue weighted by molar-refractivity contribution is 5.77. The first kappa shape index (κ1) is 13.4. The summed E-state index contributed by atoms with van der Waals surface area (Å²) in [4.78, 5) is 23.4. The molecule has 0 aliphatic carbocycles. The average Bonchev–Trinajstić information content (AvgIpc) is 2.16. The summed E-state index contributed by atoms with van der Waals surface area (Å²) in [7, 11) is 0. The zero-order chi connectivity index (χ0) is 11.7. The third-order valence-electron chi connectivity index (χ3n) is 1.83. The normalized spacial score (nSPS) is 9.33. The van der Waals surface area contributed by atoms with Gasteiger partial charge in [-0.2, -0.15) is 0 Å². The molecule has 0 saturated heterocycles. The lowest BCUT2D eigenvalue weighted by atomic mass is 10.2. The van der Waals surface area contributed by atoms with Gasteiger partial charge < -0.3 is 10.0 Å². The van der Waals surface area contributed by atoms with Gasteiger partial charge in [0.25, 0.3) is 0 Å². The van der Waals surface area contributed by atoms with E-state index in [0.29, 0.717) is 19.5 Å². The van der Waals surface area contributed by atoms with Gasteiger partial charge in [-0.1, -0.05) is 12.2 Å². The standard InChI is InChI=1S/C11H17NO3/c1-3-8-12(9-4-2)10(13)6-5-7-11(14)15/h3-4H,1-2,5-9H2,(H,14,15). The van der Waals surface area contributed by atoms with Crippen LogP contribution < -0.4 is 0 Å². The van der Waals surface area contributed by atoms with Crippen LogP contribution in [-0.2, 0) is 9.59 Å². The second-order valence-corrected chi connectivity index (χ2v) is 3.12. The molecular formula is C11H17NO3. The van der Waals surface area contributed by atoms with Crippen molar-refractivity contribution in [3.05, 3.63) is 25.3 Å². The molecule has 1 amide bonds. The Morgan fingerprint density at radius 2 is 1.67 bits per heavy atom. The van der Waals surface area contributed by atoms with Crippen LogP contribution in [0.3, 0.4) is 0 Å². The Morgan fingerprint density at radius 1 is 1.13 bits per heavy atom. The molecule has 0 aliphatic heterocycles.